The van der Waals surface area contributed by atoms with Gasteiger partial charge in [-0.15, -0.1) is 0 Å². The van der Waals surface area contributed by atoms with E-state index < -0.39 is 0 Å². The zero-order valence-corrected chi connectivity index (χ0v) is 10.9. The molecule has 18 heavy (non-hydrogen) atoms. The van der Waals surface area contributed by atoms with Crippen molar-refractivity contribution in [1.29, 1.82) is 0 Å². The van der Waals surface area contributed by atoms with Crippen molar-refractivity contribution in [3.63, 3.8) is 0 Å². The van der Waals surface area contributed by atoms with Crippen molar-refractivity contribution < 1.29 is 9.26 Å². The van der Waals surface area contributed by atoms with Gasteiger partial charge in [0.2, 0.25) is 0 Å². The minimum Gasteiger partial charge on any atom is -0.377 e. The van der Waals surface area contributed by atoms with E-state index in [9.17, 15) is 0 Å². The van der Waals surface area contributed by atoms with Gasteiger partial charge in [0.05, 0.1) is 5.69 Å². The molecule has 0 radical (unpaired) electrons. The summed E-state index contributed by atoms with van der Waals surface area (Å²) in [5.41, 5.74) is 1.01. The maximum absolute atomic E-state index is 5.22. The molecule has 100 valence electrons. The van der Waals surface area contributed by atoms with Crippen LogP contribution in [0.3, 0.4) is 0 Å². The molecule has 2 atom stereocenters. The number of ether oxygens (including phenoxy) is 1. The molecule has 0 aliphatic carbocycles. The molecule has 1 aromatic heterocycles. The van der Waals surface area contributed by atoms with E-state index in [4.69, 9.17) is 9.26 Å². The average Bonchev–Trinajstić information content (AvgIpc) is 2.96. The van der Waals surface area contributed by atoms with Crippen LogP contribution in [0.25, 0.3) is 0 Å². The van der Waals surface area contributed by atoms with E-state index in [1.807, 2.05) is 6.07 Å². The first-order valence-corrected chi connectivity index (χ1v) is 6.74. The quantitative estimate of drug-likeness (QED) is 0.865. The van der Waals surface area contributed by atoms with Crippen molar-refractivity contribution in [2.75, 3.05) is 26.7 Å². The molecule has 0 unspecified atom stereocenters. The smallest absolute Gasteiger partial charge is 0.162 e. The van der Waals surface area contributed by atoms with Crippen LogP contribution in [0, 0.1) is 5.92 Å². The third kappa shape index (κ3) is 2.58. The third-order valence-corrected chi connectivity index (χ3v) is 3.95. The van der Waals surface area contributed by atoms with Crippen molar-refractivity contribution in [1.82, 2.24) is 15.4 Å². The molecule has 0 saturated carbocycles. The second-order valence-corrected chi connectivity index (χ2v) is 5.37. The predicted molar refractivity (Wildman–Crippen MR) is 67.0 cm³/mol. The summed E-state index contributed by atoms with van der Waals surface area (Å²) in [5.74, 6) is 1.63. The Morgan fingerprint density at radius 3 is 3.33 bits per heavy atom. The zero-order valence-electron chi connectivity index (χ0n) is 10.9. The summed E-state index contributed by atoms with van der Waals surface area (Å²) in [4.78, 5) is 2.47. The second kappa shape index (κ2) is 5.38. The summed E-state index contributed by atoms with van der Waals surface area (Å²) in [6.07, 6.45) is 2.68. The zero-order chi connectivity index (χ0) is 12.4. The maximum atomic E-state index is 5.22. The standard InChI is InChI=1S/C13H21N3O2/c1-17-9-12-5-11(15-18-12)7-16-6-10-3-2-4-14-13(10)8-16/h5,10,13-14H,2-4,6-9H2,1H3/t10-,13+/m0/s1. The summed E-state index contributed by atoms with van der Waals surface area (Å²) in [6.45, 7) is 4.89. The Morgan fingerprint density at radius 2 is 2.50 bits per heavy atom. The summed E-state index contributed by atoms with van der Waals surface area (Å²) in [6, 6.07) is 2.68. The van der Waals surface area contributed by atoms with Crippen molar-refractivity contribution in [3.8, 4) is 0 Å². The number of methoxy groups -OCH3 is 1. The Hall–Kier alpha value is -0.910. The van der Waals surface area contributed by atoms with Crippen LogP contribution in [0.2, 0.25) is 0 Å². The number of rotatable bonds is 4. The summed E-state index contributed by atoms with van der Waals surface area (Å²) >= 11 is 0. The van der Waals surface area contributed by atoms with Gasteiger partial charge >= 0.3 is 0 Å². The minimum atomic E-state index is 0.500. The number of hydrogen-bond acceptors (Lipinski definition) is 5. The lowest BCUT2D eigenvalue weighted by atomic mass is 9.94. The first kappa shape index (κ1) is 12.1. The third-order valence-electron chi connectivity index (χ3n) is 3.95. The average molecular weight is 251 g/mol. The van der Waals surface area contributed by atoms with Gasteiger partial charge in [-0.1, -0.05) is 5.16 Å². The monoisotopic (exact) mass is 251 g/mol. The van der Waals surface area contributed by atoms with Crippen LogP contribution in [0.15, 0.2) is 10.6 Å². The summed E-state index contributed by atoms with van der Waals surface area (Å²) in [7, 11) is 1.67. The molecule has 2 saturated heterocycles. The van der Waals surface area contributed by atoms with Crippen LogP contribution < -0.4 is 5.32 Å². The number of likely N-dealkylation sites (tertiary alicyclic amines) is 1. The fourth-order valence-electron chi connectivity index (χ4n) is 3.13. The van der Waals surface area contributed by atoms with Gasteiger partial charge in [0, 0.05) is 38.9 Å². The SMILES string of the molecule is COCc1cc(CN2C[C@@H]3CCCN[C@@H]3C2)no1. The molecule has 1 N–H and O–H groups in total. The molecule has 2 aliphatic rings. The van der Waals surface area contributed by atoms with E-state index in [-0.39, 0.29) is 0 Å². The summed E-state index contributed by atoms with van der Waals surface area (Å²) < 4.78 is 10.2. The highest BCUT2D eigenvalue weighted by Gasteiger charge is 2.34. The van der Waals surface area contributed by atoms with Gasteiger partial charge in [0.25, 0.3) is 0 Å². The van der Waals surface area contributed by atoms with E-state index in [0.717, 1.165) is 30.5 Å². The summed E-state index contributed by atoms with van der Waals surface area (Å²) in [5, 5.41) is 7.72. The molecule has 0 aromatic carbocycles. The van der Waals surface area contributed by atoms with Gasteiger partial charge in [-0.25, -0.2) is 0 Å². The molecule has 3 rings (SSSR count). The number of nitrogens with zero attached hydrogens (tertiary/aromatic N) is 2. The first-order chi connectivity index (χ1) is 8.85. The Kier molecular flexibility index (Phi) is 3.63. The van der Waals surface area contributed by atoms with Crippen molar-refractivity contribution in [2.24, 2.45) is 5.92 Å². The lowest BCUT2D eigenvalue weighted by Gasteiger charge is -2.24. The van der Waals surface area contributed by atoms with Crippen LogP contribution in [0.5, 0.6) is 0 Å². The molecule has 5 nitrogen and oxygen atoms in total. The van der Waals surface area contributed by atoms with E-state index in [1.54, 1.807) is 7.11 Å². The molecular weight excluding hydrogens is 230 g/mol. The van der Waals surface area contributed by atoms with Crippen LogP contribution in [-0.4, -0.2) is 42.8 Å². The van der Waals surface area contributed by atoms with Gasteiger partial charge in [-0.05, 0) is 25.3 Å². The highest BCUT2D eigenvalue weighted by Crippen LogP contribution is 2.25. The molecule has 0 amide bonds. The molecule has 1 aromatic rings. The van der Waals surface area contributed by atoms with Crippen molar-refractivity contribution >= 4 is 0 Å². The molecule has 2 fully saturated rings. The normalized spacial score (nSPS) is 28.5. The largest absolute Gasteiger partial charge is 0.377 e. The fourth-order valence-corrected chi connectivity index (χ4v) is 3.13. The van der Waals surface area contributed by atoms with Gasteiger partial charge < -0.3 is 14.6 Å². The van der Waals surface area contributed by atoms with Crippen molar-refractivity contribution in [2.45, 2.75) is 32.0 Å². The van der Waals surface area contributed by atoms with Crippen LogP contribution in [0.1, 0.15) is 24.3 Å². The Morgan fingerprint density at radius 1 is 1.56 bits per heavy atom. The lowest BCUT2D eigenvalue weighted by molar-refractivity contribution is 0.155. The van der Waals surface area contributed by atoms with Crippen LogP contribution in [-0.2, 0) is 17.9 Å². The maximum Gasteiger partial charge on any atom is 0.162 e. The molecule has 5 heteroatoms. The lowest BCUT2D eigenvalue weighted by Crippen LogP contribution is -2.40. The van der Waals surface area contributed by atoms with Crippen LogP contribution in [0.4, 0.5) is 0 Å². The number of aromatic nitrogens is 1. The highest BCUT2D eigenvalue weighted by molar-refractivity contribution is 5.05. The molecular formula is C13H21N3O2. The number of hydrogen-bond donors (Lipinski definition) is 1. The van der Waals surface area contributed by atoms with E-state index in [0.29, 0.717) is 12.6 Å². The minimum absolute atomic E-state index is 0.500. The van der Waals surface area contributed by atoms with E-state index >= 15 is 0 Å². The van der Waals surface area contributed by atoms with Gasteiger partial charge in [-0.3, -0.25) is 4.90 Å². The Labute approximate surface area is 107 Å². The van der Waals surface area contributed by atoms with Crippen LogP contribution >= 0.6 is 0 Å². The Bertz CT molecular complexity index is 379. The number of fused-ring (bicyclic) bond motifs is 1. The number of piperidine rings is 1. The second-order valence-electron chi connectivity index (χ2n) is 5.37. The van der Waals surface area contributed by atoms with E-state index in [1.165, 1.54) is 25.9 Å². The molecule has 0 bridgehead atoms. The van der Waals surface area contributed by atoms with Gasteiger partial charge in [0.15, 0.2) is 5.76 Å². The molecule has 0 spiro atoms. The topological polar surface area (TPSA) is 50.5 Å². The Balaban J connectivity index is 1.56. The predicted octanol–water partition coefficient (Wildman–Crippen LogP) is 1.00. The van der Waals surface area contributed by atoms with E-state index in [2.05, 4.69) is 15.4 Å². The molecule has 2 aliphatic heterocycles. The fraction of sp³-hybridized carbons (Fsp3) is 0.769. The first-order valence-electron chi connectivity index (χ1n) is 6.74. The molecule has 3 heterocycles. The van der Waals surface area contributed by atoms with Gasteiger partial charge in [-0.2, -0.15) is 0 Å². The highest BCUT2D eigenvalue weighted by atomic mass is 16.5. The van der Waals surface area contributed by atoms with Crippen molar-refractivity contribution in [3.05, 3.63) is 17.5 Å². The number of nitrogens with one attached hydrogen (secondary N) is 1. The van der Waals surface area contributed by atoms with Gasteiger partial charge in [0.1, 0.15) is 6.61 Å².